The second-order valence-corrected chi connectivity index (χ2v) is 5.77. The van der Waals surface area contributed by atoms with Crippen molar-refractivity contribution in [2.45, 2.75) is 32.2 Å². The number of amides is 1. The minimum absolute atomic E-state index is 0. The number of nitrogens with one attached hydrogen (secondary N) is 1. The highest BCUT2D eigenvalue weighted by Crippen LogP contribution is 2.18. The largest absolute Gasteiger partial charge is 0.381 e. The molecule has 2 aliphatic heterocycles. The van der Waals surface area contributed by atoms with Gasteiger partial charge in [0.25, 0.3) is 0 Å². The lowest BCUT2D eigenvalue weighted by Crippen LogP contribution is -2.48. The number of carbonyl (C=O) groups excluding carboxylic acids is 1. The summed E-state index contributed by atoms with van der Waals surface area (Å²) in [4.78, 5) is 14.5. The third-order valence-electron chi connectivity index (χ3n) is 4.46. The van der Waals surface area contributed by atoms with Gasteiger partial charge in [0.1, 0.15) is 0 Å². The van der Waals surface area contributed by atoms with Gasteiger partial charge >= 0.3 is 0 Å². The van der Waals surface area contributed by atoms with E-state index in [-0.39, 0.29) is 42.7 Å². The highest BCUT2D eigenvalue weighted by atomic mass is 35.5. The topological polar surface area (TPSA) is 67.6 Å². The Morgan fingerprint density at radius 2 is 2.00 bits per heavy atom. The molecule has 3 N–H and O–H groups in total. The number of halogens is 2. The average Bonchev–Trinajstić information content (AvgIpc) is 2.93. The average molecular weight is 342 g/mol. The van der Waals surface area contributed by atoms with Gasteiger partial charge in [0, 0.05) is 26.3 Å². The molecule has 1 amide bonds. The Balaban J connectivity index is 0.00000200. The quantitative estimate of drug-likeness (QED) is 0.784. The maximum absolute atomic E-state index is 12.1. The minimum Gasteiger partial charge on any atom is -0.381 e. The molecule has 7 heteroatoms. The van der Waals surface area contributed by atoms with Crippen molar-refractivity contribution in [2.24, 2.45) is 17.6 Å². The molecule has 0 saturated carbocycles. The molecule has 2 saturated heterocycles. The first kappa shape index (κ1) is 20.9. The van der Waals surface area contributed by atoms with Crippen LogP contribution in [0.25, 0.3) is 0 Å². The molecule has 2 rings (SSSR count). The molecule has 2 unspecified atom stereocenters. The molecule has 0 aliphatic carbocycles. The third-order valence-corrected chi connectivity index (χ3v) is 4.46. The van der Waals surface area contributed by atoms with Crippen molar-refractivity contribution in [1.29, 1.82) is 0 Å². The number of likely N-dealkylation sites (tertiary alicyclic amines) is 1. The summed E-state index contributed by atoms with van der Waals surface area (Å²) >= 11 is 0. The van der Waals surface area contributed by atoms with Gasteiger partial charge in [0.05, 0.1) is 6.04 Å². The molecule has 2 aliphatic rings. The lowest BCUT2D eigenvalue weighted by Gasteiger charge is -2.27. The summed E-state index contributed by atoms with van der Waals surface area (Å²) in [5, 5.41) is 3.03. The summed E-state index contributed by atoms with van der Waals surface area (Å²) in [5.74, 6) is 0.886. The van der Waals surface area contributed by atoms with E-state index in [4.69, 9.17) is 10.5 Å². The highest BCUT2D eigenvalue weighted by molar-refractivity contribution is 5.85. The van der Waals surface area contributed by atoms with Crippen LogP contribution in [0.4, 0.5) is 0 Å². The summed E-state index contributed by atoms with van der Waals surface area (Å²) in [6, 6.07) is -0.368. The number of carbonyl (C=O) groups is 1. The molecule has 5 nitrogen and oxygen atoms in total. The lowest BCUT2D eigenvalue weighted by molar-refractivity contribution is -0.124. The smallest absolute Gasteiger partial charge is 0.237 e. The van der Waals surface area contributed by atoms with Gasteiger partial charge in [-0.05, 0) is 44.2 Å². The summed E-state index contributed by atoms with van der Waals surface area (Å²) < 4.78 is 5.30. The Labute approximate surface area is 140 Å². The van der Waals surface area contributed by atoms with Gasteiger partial charge in [-0.3, -0.25) is 4.79 Å². The Hall–Kier alpha value is -0.0700. The highest BCUT2D eigenvalue weighted by Gasteiger charge is 2.27. The summed E-state index contributed by atoms with van der Waals surface area (Å²) in [6.45, 7) is 7.78. The summed E-state index contributed by atoms with van der Waals surface area (Å²) in [5.41, 5.74) is 6.05. The summed E-state index contributed by atoms with van der Waals surface area (Å²) in [7, 11) is 0. The first-order valence-corrected chi connectivity index (χ1v) is 7.54. The molecular formula is C14H29Cl2N3O2. The van der Waals surface area contributed by atoms with Crippen LogP contribution in [0, 0.1) is 11.8 Å². The predicted octanol–water partition coefficient (Wildman–Crippen LogP) is 1.04. The van der Waals surface area contributed by atoms with Gasteiger partial charge in [-0.1, -0.05) is 6.92 Å². The zero-order valence-electron chi connectivity index (χ0n) is 12.8. The predicted molar refractivity (Wildman–Crippen MR) is 89.2 cm³/mol. The van der Waals surface area contributed by atoms with Crippen molar-refractivity contribution in [3.05, 3.63) is 0 Å². The van der Waals surface area contributed by atoms with Gasteiger partial charge in [-0.15, -0.1) is 24.8 Å². The normalized spacial score (nSPS) is 24.8. The molecule has 2 atom stereocenters. The van der Waals surface area contributed by atoms with Crippen LogP contribution in [-0.2, 0) is 9.53 Å². The number of ether oxygens (including phenoxy) is 1. The zero-order valence-corrected chi connectivity index (χ0v) is 14.4. The van der Waals surface area contributed by atoms with Crippen LogP contribution < -0.4 is 11.1 Å². The van der Waals surface area contributed by atoms with E-state index in [9.17, 15) is 4.79 Å². The molecule has 0 aromatic rings. The van der Waals surface area contributed by atoms with Crippen molar-refractivity contribution < 1.29 is 9.53 Å². The Morgan fingerprint density at radius 1 is 1.33 bits per heavy atom. The van der Waals surface area contributed by atoms with E-state index < -0.39 is 0 Å². The van der Waals surface area contributed by atoms with Crippen LogP contribution in [0.3, 0.4) is 0 Å². The fourth-order valence-electron chi connectivity index (χ4n) is 3.02. The number of hydrogen-bond donors (Lipinski definition) is 2. The second kappa shape index (κ2) is 10.6. The molecule has 0 aromatic carbocycles. The minimum atomic E-state index is -0.368. The van der Waals surface area contributed by atoms with Gasteiger partial charge in [-0.25, -0.2) is 0 Å². The van der Waals surface area contributed by atoms with Crippen molar-refractivity contribution in [2.75, 3.05) is 39.4 Å². The van der Waals surface area contributed by atoms with E-state index in [2.05, 4.69) is 17.1 Å². The Bertz CT molecular complexity index is 302. The lowest BCUT2D eigenvalue weighted by atomic mass is 9.92. The number of rotatable bonds is 5. The SMILES string of the molecule is CCN1CCC(CNC(=O)C(N)C2CCOCC2)C1.Cl.Cl. The van der Waals surface area contributed by atoms with E-state index in [0.717, 1.165) is 52.2 Å². The molecular weight excluding hydrogens is 313 g/mol. The second-order valence-electron chi connectivity index (χ2n) is 5.77. The van der Waals surface area contributed by atoms with Crippen molar-refractivity contribution in [1.82, 2.24) is 10.2 Å². The molecule has 21 heavy (non-hydrogen) atoms. The molecule has 2 heterocycles. The van der Waals surface area contributed by atoms with E-state index in [0.29, 0.717) is 5.92 Å². The fraction of sp³-hybridized carbons (Fsp3) is 0.929. The van der Waals surface area contributed by atoms with Gasteiger partial charge in [0.15, 0.2) is 0 Å². The first-order valence-electron chi connectivity index (χ1n) is 7.54. The standard InChI is InChI=1S/C14H27N3O2.2ClH/c1-2-17-6-3-11(10-17)9-16-14(18)13(15)12-4-7-19-8-5-12;;/h11-13H,2-10,15H2,1H3,(H,16,18);2*1H. The van der Waals surface area contributed by atoms with Crippen LogP contribution in [0.2, 0.25) is 0 Å². The maximum atomic E-state index is 12.1. The molecule has 126 valence electrons. The van der Waals surface area contributed by atoms with Crippen LogP contribution in [0.5, 0.6) is 0 Å². The molecule has 2 fully saturated rings. The van der Waals surface area contributed by atoms with Crippen LogP contribution >= 0.6 is 24.8 Å². The molecule has 0 bridgehead atoms. The van der Waals surface area contributed by atoms with Crippen LogP contribution in [0.1, 0.15) is 26.2 Å². The molecule has 0 aromatic heterocycles. The van der Waals surface area contributed by atoms with Gasteiger partial charge in [-0.2, -0.15) is 0 Å². The Kier molecular flexibility index (Phi) is 10.6. The van der Waals surface area contributed by atoms with Crippen molar-refractivity contribution in [3.63, 3.8) is 0 Å². The maximum Gasteiger partial charge on any atom is 0.237 e. The third kappa shape index (κ3) is 6.28. The van der Waals surface area contributed by atoms with Gasteiger partial charge in [0.2, 0.25) is 5.91 Å². The monoisotopic (exact) mass is 341 g/mol. The molecule has 0 spiro atoms. The molecule has 0 radical (unpaired) electrons. The summed E-state index contributed by atoms with van der Waals surface area (Å²) in [6.07, 6.45) is 2.99. The zero-order chi connectivity index (χ0) is 13.7. The first-order chi connectivity index (χ1) is 9.20. The Morgan fingerprint density at radius 3 is 2.57 bits per heavy atom. The van der Waals surface area contributed by atoms with Gasteiger partial charge < -0.3 is 20.7 Å². The number of nitrogens with zero attached hydrogens (tertiary/aromatic N) is 1. The van der Waals surface area contributed by atoms with Crippen LogP contribution in [-0.4, -0.2) is 56.2 Å². The number of nitrogens with two attached hydrogens (primary N) is 1. The number of hydrogen-bond acceptors (Lipinski definition) is 4. The van der Waals surface area contributed by atoms with E-state index in [1.165, 1.54) is 6.42 Å². The van der Waals surface area contributed by atoms with Crippen molar-refractivity contribution >= 4 is 30.7 Å². The van der Waals surface area contributed by atoms with Crippen molar-refractivity contribution in [3.8, 4) is 0 Å². The van der Waals surface area contributed by atoms with E-state index in [1.54, 1.807) is 0 Å². The van der Waals surface area contributed by atoms with E-state index in [1.807, 2.05) is 0 Å². The van der Waals surface area contributed by atoms with E-state index >= 15 is 0 Å². The fourth-order valence-corrected chi connectivity index (χ4v) is 3.02. The van der Waals surface area contributed by atoms with Crippen LogP contribution in [0.15, 0.2) is 0 Å².